The Morgan fingerprint density at radius 3 is 1.36 bits per heavy atom. The van der Waals surface area contributed by atoms with Crippen LogP contribution in [0.4, 0.5) is 0 Å². The lowest BCUT2D eigenvalue weighted by Gasteiger charge is -2.06. The molecule has 0 aliphatic heterocycles. The van der Waals surface area contributed by atoms with E-state index >= 15 is 0 Å². The molecule has 0 aliphatic carbocycles. The van der Waals surface area contributed by atoms with E-state index in [0.717, 1.165) is 0 Å². The van der Waals surface area contributed by atoms with Crippen molar-refractivity contribution in [3.05, 3.63) is 71.8 Å². The van der Waals surface area contributed by atoms with Gasteiger partial charge in [-0.3, -0.25) is 9.59 Å². The van der Waals surface area contributed by atoms with Gasteiger partial charge in [-0.2, -0.15) is 0 Å². The van der Waals surface area contributed by atoms with Crippen molar-refractivity contribution in [2.24, 2.45) is 0 Å². The van der Waals surface area contributed by atoms with Gasteiger partial charge < -0.3 is 15.4 Å². The van der Waals surface area contributed by atoms with E-state index in [-0.39, 0.29) is 0 Å². The average Bonchev–Trinajstić information content (AvgIpc) is 2.65. The van der Waals surface area contributed by atoms with E-state index in [1.54, 1.807) is 60.7 Å². The molecule has 0 radical (unpaired) electrons. The van der Waals surface area contributed by atoms with Crippen LogP contribution in [0, 0.1) is 0 Å². The highest BCUT2D eigenvalue weighted by molar-refractivity contribution is 5.98. The molecule has 25 heavy (non-hydrogen) atoms. The van der Waals surface area contributed by atoms with Gasteiger partial charge in [0.15, 0.2) is 0 Å². The standard InChI is InChI=1S/C18H16N2O5/c21-15(11-19-17(23)13-7-3-1-4-8-13)25-16(22)12-20-18(24)14-9-5-2-6-10-14/h1-10H,11-12H2,(H,19,23)(H,20,24). The number of nitrogens with one attached hydrogen (secondary N) is 2. The zero-order valence-electron chi connectivity index (χ0n) is 13.2. The number of ether oxygens (including phenoxy) is 1. The molecule has 2 rings (SSSR count). The minimum atomic E-state index is -0.914. The van der Waals surface area contributed by atoms with Gasteiger partial charge in [0.2, 0.25) is 0 Å². The van der Waals surface area contributed by atoms with E-state index in [2.05, 4.69) is 15.4 Å². The largest absolute Gasteiger partial charge is 0.390 e. The van der Waals surface area contributed by atoms with Crippen LogP contribution in [0.15, 0.2) is 60.7 Å². The van der Waals surface area contributed by atoms with Crippen molar-refractivity contribution in [1.29, 1.82) is 0 Å². The predicted molar refractivity (Wildman–Crippen MR) is 88.6 cm³/mol. The SMILES string of the molecule is O=C(CNC(=O)c1ccccc1)OC(=O)CNC(=O)c1ccccc1. The van der Waals surface area contributed by atoms with Crippen LogP contribution in [0.5, 0.6) is 0 Å². The second-order valence-corrected chi connectivity index (χ2v) is 4.94. The van der Waals surface area contributed by atoms with Crippen molar-refractivity contribution in [3.8, 4) is 0 Å². The van der Waals surface area contributed by atoms with E-state index in [9.17, 15) is 19.2 Å². The molecule has 0 heterocycles. The summed E-state index contributed by atoms with van der Waals surface area (Å²) in [4.78, 5) is 46.6. The zero-order valence-corrected chi connectivity index (χ0v) is 13.2. The first-order valence-corrected chi connectivity index (χ1v) is 7.46. The van der Waals surface area contributed by atoms with Crippen molar-refractivity contribution in [2.45, 2.75) is 0 Å². The van der Waals surface area contributed by atoms with E-state index in [4.69, 9.17) is 0 Å². The third-order valence-electron chi connectivity index (χ3n) is 3.09. The summed E-state index contributed by atoms with van der Waals surface area (Å²) in [5.41, 5.74) is 0.772. The summed E-state index contributed by atoms with van der Waals surface area (Å²) < 4.78 is 4.52. The van der Waals surface area contributed by atoms with Crippen LogP contribution >= 0.6 is 0 Å². The van der Waals surface area contributed by atoms with Crippen LogP contribution in [0.2, 0.25) is 0 Å². The first-order chi connectivity index (χ1) is 12.1. The van der Waals surface area contributed by atoms with Gasteiger partial charge in [0.25, 0.3) is 11.8 Å². The number of amides is 2. The fraction of sp³-hybridized carbons (Fsp3) is 0.111. The van der Waals surface area contributed by atoms with Crippen molar-refractivity contribution in [1.82, 2.24) is 10.6 Å². The molecular weight excluding hydrogens is 324 g/mol. The third-order valence-corrected chi connectivity index (χ3v) is 3.09. The molecular formula is C18H16N2O5. The van der Waals surface area contributed by atoms with Crippen molar-refractivity contribution >= 4 is 23.8 Å². The summed E-state index contributed by atoms with van der Waals surface area (Å²) in [6.07, 6.45) is 0. The van der Waals surface area contributed by atoms with Crippen LogP contribution in [0.1, 0.15) is 20.7 Å². The molecule has 0 aromatic heterocycles. The van der Waals surface area contributed by atoms with Gasteiger partial charge in [0, 0.05) is 11.1 Å². The lowest BCUT2D eigenvalue weighted by Crippen LogP contribution is -2.35. The highest BCUT2D eigenvalue weighted by Crippen LogP contribution is 1.98. The van der Waals surface area contributed by atoms with E-state index < -0.39 is 36.8 Å². The van der Waals surface area contributed by atoms with Crippen LogP contribution in [0.25, 0.3) is 0 Å². The highest BCUT2D eigenvalue weighted by atomic mass is 16.6. The van der Waals surface area contributed by atoms with Crippen molar-refractivity contribution in [2.75, 3.05) is 13.1 Å². The van der Waals surface area contributed by atoms with Crippen molar-refractivity contribution in [3.63, 3.8) is 0 Å². The Bertz CT molecular complexity index is 694. The molecule has 0 spiro atoms. The minimum absolute atomic E-state index is 0.386. The Kier molecular flexibility index (Phi) is 6.41. The second kappa shape index (κ2) is 8.97. The van der Waals surface area contributed by atoms with Gasteiger partial charge >= 0.3 is 11.9 Å². The fourth-order valence-electron chi connectivity index (χ4n) is 1.89. The number of rotatable bonds is 6. The smallest absolute Gasteiger partial charge is 0.333 e. The number of esters is 2. The van der Waals surface area contributed by atoms with E-state index in [1.807, 2.05) is 0 Å². The molecule has 0 aliphatic rings. The normalized spacial score (nSPS) is 9.76. The van der Waals surface area contributed by atoms with Gasteiger partial charge in [-0.15, -0.1) is 0 Å². The quantitative estimate of drug-likeness (QED) is 0.601. The first kappa shape index (κ1) is 17.9. The number of carbonyl (C=O) groups excluding carboxylic acids is 4. The maximum atomic E-state index is 11.7. The Labute approximate surface area is 144 Å². The molecule has 0 saturated heterocycles. The Hall–Kier alpha value is -3.48. The van der Waals surface area contributed by atoms with Crippen LogP contribution < -0.4 is 10.6 Å². The Morgan fingerprint density at radius 1 is 0.640 bits per heavy atom. The number of hydrogen-bond donors (Lipinski definition) is 2. The maximum Gasteiger partial charge on any atom is 0.333 e. The monoisotopic (exact) mass is 340 g/mol. The first-order valence-electron chi connectivity index (χ1n) is 7.46. The lowest BCUT2D eigenvalue weighted by molar-refractivity contribution is -0.158. The fourth-order valence-corrected chi connectivity index (χ4v) is 1.89. The topological polar surface area (TPSA) is 102 Å². The van der Waals surface area contributed by atoms with Crippen LogP contribution in [-0.2, 0) is 14.3 Å². The molecule has 0 atom stereocenters. The van der Waals surface area contributed by atoms with Gasteiger partial charge in [-0.05, 0) is 24.3 Å². The molecule has 128 valence electrons. The zero-order chi connectivity index (χ0) is 18.1. The van der Waals surface area contributed by atoms with Gasteiger partial charge in [0.05, 0.1) is 0 Å². The number of benzene rings is 2. The molecule has 2 aromatic carbocycles. The Balaban J connectivity index is 1.70. The van der Waals surface area contributed by atoms with E-state index in [0.29, 0.717) is 11.1 Å². The summed E-state index contributed by atoms with van der Waals surface area (Å²) in [7, 11) is 0. The number of carbonyl (C=O) groups is 4. The highest BCUT2D eigenvalue weighted by Gasteiger charge is 2.14. The molecule has 0 bridgehead atoms. The summed E-state index contributed by atoms with van der Waals surface area (Å²) in [5, 5.41) is 4.68. The average molecular weight is 340 g/mol. The van der Waals surface area contributed by atoms with Gasteiger partial charge in [-0.25, -0.2) is 9.59 Å². The molecule has 2 amide bonds. The third kappa shape index (κ3) is 5.91. The molecule has 2 N–H and O–H groups in total. The van der Waals surface area contributed by atoms with Crippen LogP contribution in [-0.4, -0.2) is 36.8 Å². The molecule has 0 fully saturated rings. The lowest BCUT2D eigenvalue weighted by atomic mass is 10.2. The molecule has 2 aromatic rings. The van der Waals surface area contributed by atoms with Crippen molar-refractivity contribution < 1.29 is 23.9 Å². The summed E-state index contributed by atoms with van der Waals surface area (Å²) >= 11 is 0. The summed E-state index contributed by atoms with van der Waals surface area (Å²) in [6.45, 7) is -0.905. The summed E-state index contributed by atoms with van der Waals surface area (Å²) in [6, 6.07) is 16.6. The molecule has 7 heteroatoms. The van der Waals surface area contributed by atoms with E-state index in [1.165, 1.54) is 0 Å². The summed E-state index contributed by atoms with van der Waals surface area (Å²) in [5.74, 6) is -2.74. The van der Waals surface area contributed by atoms with Gasteiger partial charge in [-0.1, -0.05) is 36.4 Å². The Morgan fingerprint density at radius 2 is 1.00 bits per heavy atom. The van der Waals surface area contributed by atoms with Crippen LogP contribution in [0.3, 0.4) is 0 Å². The molecule has 0 saturated carbocycles. The molecule has 0 unspecified atom stereocenters. The molecule has 7 nitrogen and oxygen atoms in total. The minimum Gasteiger partial charge on any atom is -0.390 e. The predicted octanol–water partition coefficient (Wildman–Crippen LogP) is 0.916. The second-order valence-electron chi connectivity index (χ2n) is 4.94. The van der Waals surface area contributed by atoms with Gasteiger partial charge in [0.1, 0.15) is 13.1 Å². The maximum absolute atomic E-state index is 11.7. The number of hydrogen-bond acceptors (Lipinski definition) is 5.